The molecule has 4 N–H and O–H groups in total. The number of nitrogens with one attached hydrogen (secondary N) is 2. The lowest BCUT2D eigenvalue weighted by Gasteiger charge is -2.04. The third-order valence-electron chi connectivity index (χ3n) is 1.80. The zero-order valence-electron chi connectivity index (χ0n) is 7.47. The van der Waals surface area contributed by atoms with Gasteiger partial charge in [0.2, 0.25) is 0 Å². The molecule has 70 valence electrons. The Morgan fingerprint density at radius 2 is 2.15 bits per heavy atom. The van der Waals surface area contributed by atoms with Crippen LogP contribution in [0.2, 0.25) is 0 Å². The van der Waals surface area contributed by atoms with Crippen molar-refractivity contribution in [2.24, 2.45) is 5.84 Å². The number of H-pyrrole nitrogens is 1. The molecule has 1 aromatic rings. The number of carbonyl (C=O) groups is 1. The van der Waals surface area contributed by atoms with Crippen molar-refractivity contribution in [2.45, 2.75) is 13.8 Å². The molecule has 13 heavy (non-hydrogen) atoms. The molecule has 0 aliphatic carbocycles. The molecule has 0 atom stereocenters. The highest BCUT2D eigenvalue weighted by Crippen LogP contribution is 2.03. The molecule has 0 spiro atoms. The monoisotopic (exact) mass is 181 g/mol. The van der Waals surface area contributed by atoms with Crippen molar-refractivity contribution in [2.75, 3.05) is 0 Å². The van der Waals surface area contributed by atoms with Crippen LogP contribution in [-0.2, 0) is 0 Å². The van der Waals surface area contributed by atoms with Crippen LogP contribution in [-0.4, -0.2) is 10.9 Å². The Kier molecular flexibility index (Phi) is 2.48. The zero-order chi connectivity index (χ0) is 10.0. The van der Waals surface area contributed by atoms with Crippen LogP contribution < -0.4 is 16.8 Å². The number of aromatic nitrogens is 1. The highest BCUT2D eigenvalue weighted by atomic mass is 16.2. The van der Waals surface area contributed by atoms with Crippen molar-refractivity contribution >= 4 is 5.91 Å². The summed E-state index contributed by atoms with van der Waals surface area (Å²) in [6.07, 6.45) is 0. The number of aromatic amines is 1. The lowest BCUT2D eigenvalue weighted by molar-refractivity contribution is 0.0952. The molecule has 0 saturated carbocycles. The van der Waals surface area contributed by atoms with Gasteiger partial charge in [0.1, 0.15) is 0 Å². The second-order valence-electron chi connectivity index (χ2n) is 2.79. The molecule has 0 radical (unpaired) electrons. The fraction of sp³-hybridized carbons (Fsp3) is 0.250. The second kappa shape index (κ2) is 3.40. The first-order chi connectivity index (χ1) is 6.06. The van der Waals surface area contributed by atoms with Gasteiger partial charge in [0, 0.05) is 11.3 Å². The van der Waals surface area contributed by atoms with Crippen LogP contribution in [0.15, 0.2) is 10.9 Å². The van der Waals surface area contributed by atoms with E-state index >= 15 is 0 Å². The summed E-state index contributed by atoms with van der Waals surface area (Å²) in [5.41, 5.74) is 3.21. The molecule has 0 unspecified atom stereocenters. The Bertz CT molecular complexity index is 395. The van der Waals surface area contributed by atoms with E-state index in [1.165, 1.54) is 6.07 Å². The molecule has 0 saturated heterocycles. The summed E-state index contributed by atoms with van der Waals surface area (Å²) in [4.78, 5) is 24.8. The molecular weight excluding hydrogens is 170 g/mol. The molecule has 0 fully saturated rings. The highest BCUT2D eigenvalue weighted by Gasteiger charge is 2.09. The van der Waals surface area contributed by atoms with Crippen LogP contribution in [0.5, 0.6) is 0 Å². The molecule has 5 nitrogen and oxygen atoms in total. The fourth-order valence-corrected chi connectivity index (χ4v) is 1.04. The molecule has 5 heteroatoms. The number of pyridine rings is 1. The van der Waals surface area contributed by atoms with Gasteiger partial charge in [-0.2, -0.15) is 0 Å². The zero-order valence-corrected chi connectivity index (χ0v) is 7.47. The second-order valence-corrected chi connectivity index (χ2v) is 2.79. The van der Waals surface area contributed by atoms with Gasteiger partial charge in [-0.1, -0.05) is 0 Å². The van der Waals surface area contributed by atoms with Gasteiger partial charge in [-0.15, -0.1) is 0 Å². The third-order valence-corrected chi connectivity index (χ3v) is 1.80. The van der Waals surface area contributed by atoms with Crippen LogP contribution in [0.25, 0.3) is 0 Å². The average Bonchev–Trinajstić information content (AvgIpc) is 2.10. The van der Waals surface area contributed by atoms with Gasteiger partial charge in [-0.3, -0.25) is 15.0 Å². The summed E-state index contributed by atoms with van der Waals surface area (Å²) in [6, 6.07) is 1.51. The first-order valence-corrected chi connectivity index (χ1v) is 3.77. The van der Waals surface area contributed by atoms with Crippen LogP contribution in [0.1, 0.15) is 21.6 Å². The maximum absolute atomic E-state index is 11.1. The van der Waals surface area contributed by atoms with Crippen LogP contribution >= 0.6 is 0 Å². The maximum Gasteiger partial charge on any atom is 0.266 e. The van der Waals surface area contributed by atoms with E-state index in [0.717, 1.165) is 0 Å². The van der Waals surface area contributed by atoms with E-state index in [9.17, 15) is 9.59 Å². The highest BCUT2D eigenvalue weighted by molar-refractivity contribution is 5.94. The van der Waals surface area contributed by atoms with Crippen molar-refractivity contribution in [3.8, 4) is 0 Å². The van der Waals surface area contributed by atoms with Gasteiger partial charge in [0.05, 0.1) is 5.56 Å². The number of hydrogen-bond donors (Lipinski definition) is 3. The number of hydrazine groups is 1. The predicted octanol–water partition coefficient (Wildman–Crippen LogP) is -0.405. The van der Waals surface area contributed by atoms with Gasteiger partial charge < -0.3 is 4.98 Å². The smallest absolute Gasteiger partial charge is 0.266 e. The summed E-state index contributed by atoms with van der Waals surface area (Å²) in [6.45, 7) is 3.27. The van der Waals surface area contributed by atoms with Crippen LogP contribution in [0, 0.1) is 13.8 Å². The van der Waals surface area contributed by atoms with Crippen LogP contribution in [0.3, 0.4) is 0 Å². The average molecular weight is 181 g/mol. The minimum Gasteiger partial charge on any atom is -0.325 e. The maximum atomic E-state index is 11.1. The van der Waals surface area contributed by atoms with Gasteiger partial charge in [0.15, 0.2) is 0 Å². The number of hydrogen-bond acceptors (Lipinski definition) is 3. The van der Waals surface area contributed by atoms with Gasteiger partial charge in [0.25, 0.3) is 11.5 Å². The van der Waals surface area contributed by atoms with Crippen molar-refractivity contribution in [1.82, 2.24) is 10.4 Å². The number of aryl methyl sites for hydroxylation is 2. The number of nitrogen functional groups attached to an aromatic ring is 1. The molecular formula is C8H11N3O2. The Labute approximate surface area is 74.9 Å². The first-order valence-electron chi connectivity index (χ1n) is 3.77. The number of carbonyl (C=O) groups excluding carboxylic acids is 1. The summed E-state index contributed by atoms with van der Waals surface area (Å²) < 4.78 is 0. The van der Waals surface area contributed by atoms with Gasteiger partial charge in [-0.25, -0.2) is 5.84 Å². The predicted molar refractivity (Wildman–Crippen MR) is 48.2 cm³/mol. The van der Waals surface area contributed by atoms with E-state index < -0.39 is 5.91 Å². The Morgan fingerprint density at radius 3 is 2.69 bits per heavy atom. The molecule has 0 aliphatic rings. The van der Waals surface area contributed by atoms with Crippen molar-refractivity contribution in [1.29, 1.82) is 0 Å². The van der Waals surface area contributed by atoms with E-state index in [0.29, 0.717) is 16.8 Å². The summed E-state index contributed by atoms with van der Waals surface area (Å²) in [7, 11) is 0. The van der Waals surface area contributed by atoms with Crippen LogP contribution in [0.4, 0.5) is 0 Å². The summed E-state index contributed by atoms with van der Waals surface area (Å²) in [5, 5.41) is 0. The molecule has 0 aliphatic heterocycles. The largest absolute Gasteiger partial charge is 0.325 e. The number of nitrogens with two attached hydrogens (primary N) is 1. The number of rotatable bonds is 1. The van der Waals surface area contributed by atoms with Crippen molar-refractivity contribution < 1.29 is 4.79 Å². The molecule has 0 aromatic carbocycles. The molecule has 1 rings (SSSR count). The topological polar surface area (TPSA) is 88.0 Å². The Morgan fingerprint density at radius 1 is 1.54 bits per heavy atom. The van der Waals surface area contributed by atoms with E-state index in [1.54, 1.807) is 13.8 Å². The fourth-order valence-electron chi connectivity index (χ4n) is 1.04. The van der Waals surface area contributed by atoms with E-state index in [1.807, 2.05) is 5.43 Å². The lowest BCUT2D eigenvalue weighted by Crippen LogP contribution is -2.31. The van der Waals surface area contributed by atoms with E-state index in [4.69, 9.17) is 5.84 Å². The standard InChI is InChI=1S/C8H11N3O2/c1-4-3-6(8(13)11-9)5(2)10-7(4)12/h3H,9H2,1-2H3,(H,10,12)(H,11,13). The lowest BCUT2D eigenvalue weighted by atomic mass is 10.1. The Balaban J connectivity index is 3.31. The van der Waals surface area contributed by atoms with E-state index in [-0.39, 0.29) is 5.56 Å². The molecule has 1 heterocycles. The minimum absolute atomic E-state index is 0.189. The Hall–Kier alpha value is -1.62. The number of amides is 1. The van der Waals surface area contributed by atoms with Gasteiger partial charge >= 0.3 is 0 Å². The first kappa shape index (κ1) is 9.47. The van der Waals surface area contributed by atoms with Crippen molar-refractivity contribution in [3.05, 3.63) is 33.2 Å². The normalized spacial score (nSPS) is 9.77. The van der Waals surface area contributed by atoms with E-state index in [2.05, 4.69) is 4.98 Å². The van der Waals surface area contributed by atoms with Crippen molar-refractivity contribution in [3.63, 3.8) is 0 Å². The summed E-state index contributed by atoms with van der Waals surface area (Å²) in [5.74, 6) is 4.56. The van der Waals surface area contributed by atoms with Gasteiger partial charge in [-0.05, 0) is 19.9 Å². The third kappa shape index (κ3) is 1.75. The quantitative estimate of drug-likeness (QED) is 0.313. The SMILES string of the molecule is Cc1[nH]c(=O)c(C)cc1C(=O)NN. The summed E-state index contributed by atoms with van der Waals surface area (Å²) >= 11 is 0. The minimum atomic E-state index is -0.406. The molecule has 1 aromatic heterocycles. The molecule has 0 bridgehead atoms. The molecule has 1 amide bonds.